The molecular formula is C15H21N5O2. The zero-order valence-electron chi connectivity index (χ0n) is 13.0. The van der Waals surface area contributed by atoms with Crippen LogP contribution in [0.3, 0.4) is 0 Å². The summed E-state index contributed by atoms with van der Waals surface area (Å²) in [5.74, 6) is 0. The molecule has 4 N–H and O–H groups in total. The molecule has 0 radical (unpaired) electrons. The third-order valence-corrected chi connectivity index (χ3v) is 2.75. The van der Waals surface area contributed by atoms with Gasteiger partial charge in [-0.05, 0) is 32.9 Å². The predicted octanol–water partition coefficient (Wildman–Crippen LogP) is 2.15. The molecule has 0 aliphatic heterocycles. The number of nitrogens with zero attached hydrogens (tertiary/aromatic N) is 2. The summed E-state index contributed by atoms with van der Waals surface area (Å²) in [5.41, 5.74) is 8.14. The Hall–Kier alpha value is -2.57. The van der Waals surface area contributed by atoms with Gasteiger partial charge >= 0.3 is 6.09 Å². The lowest BCUT2D eigenvalue weighted by Gasteiger charge is -2.19. The summed E-state index contributed by atoms with van der Waals surface area (Å²) in [6, 6.07) is 3.69. The number of rotatable bonds is 4. The molecule has 0 fully saturated rings. The molecule has 1 amide bonds. The number of aromatic nitrogens is 2. The first-order valence-corrected chi connectivity index (χ1v) is 7.07. The highest BCUT2D eigenvalue weighted by Gasteiger charge is 2.15. The smallest absolute Gasteiger partial charge is 0.407 e. The van der Waals surface area contributed by atoms with Crippen molar-refractivity contribution in [1.82, 2.24) is 15.3 Å². The van der Waals surface area contributed by atoms with E-state index in [1.807, 2.05) is 32.9 Å². The molecule has 7 nitrogen and oxygen atoms in total. The fraction of sp³-hybridized carbons (Fsp3) is 0.400. The third-order valence-electron chi connectivity index (χ3n) is 2.75. The number of hydrogen-bond acceptors (Lipinski definition) is 6. The Balaban J connectivity index is 1.93. The van der Waals surface area contributed by atoms with E-state index in [9.17, 15) is 4.79 Å². The molecule has 2 rings (SSSR count). The molecule has 0 saturated heterocycles. The van der Waals surface area contributed by atoms with Crippen molar-refractivity contribution in [1.29, 1.82) is 0 Å². The second-order valence-corrected chi connectivity index (χ2v) is 5.82. The minimum absolute atomic E-state index is 0.408. The van der Waals surface area contributed by atoms with Gasteiger partial charge in [0.05, 0.1) is 23.1 Å². The Morgan fingerprint density at radius 1 is 1.32 bits per heavy atom. The fourth-order valence-electron chi connectivity index (χ4n) is 1.89. The molecule has 0 aromatic carbocycles. The van der Waals surface area contributed by atoms with Crippen LogP contribution in [0.15, 0.2) is 24.5 Å². The van der Waals surface area contributed by atoms with Gasteiger partial charge in [-0.25, -0.2) is 4.79 Å². The number of carbonyl (C=O) groups excluding carboxylic acids is 1. The Morgan fingerprint density at radius 2 is 2.09 bits per heavy atom. The van der Waals surface area contributed by atoms with Crippen molar-refractivity contribution in [3.05, 3.63) is 24.5 Å². The first kappa shape index (κ1) is 15.8. The van der Waals surface area contributed by atoms with E-state index in [1.165, 1.54) is 0 Å². The molecule has 0 atom stereocenters. The van der Waals surface area contributed by atoms with Gasteiger partial charge in [0.2, 0.25) is 0 Å². The van der Waals surface area contributed by atoms with Crippen LogP contribution in [0.5, 0.6) is 0 Å². The SMILES string of the molecule is CC(C)(C)OC(=O)NCCNc1c(N)cnc2cccnc12. The van der Waals surface area contributed by atoms with Crippen molar-refractivity contribution in [3.63, 3.8) is 0 Å². The summed E-state index contributed by atoms with van der Waals surface area (Å²) < 4.78 is 5.16. The minimum Gasteiger partial charge on any atom is -0.444 e. The quantitative estimate of drug-likeness (QED) is 0.748. The number of nitrogens with two attached hydrogens (primary N) is 1. The van der Waals surface area contributed by atoms with Crippen LogP contribution in [0.25, 0.3) is 11.0 Å². The number of nitrogen functional groups attached to an aromatic ring is 1. The first-order chi connectivity index (χ1) is 10.4. The van der Waals surface area contributed by atoms with Gasteiger partial charge in [0.25, 0.3) is 0 Å². The summed E-state index contributed by atoms with van der Waals surface area (Å²) >= 11 is 0. The highest BCUT2D eigenvalue weighted by atomic mass is 16.6. The Kier molecular flexibility index (Phi) is 4.65. The van der Waals surface area contributed by atoms with E-state index in [0.29, 0.717) is 24.3 Å². The van der Waals surface area contributed by atoms with Crippen molar-refractivity contribution in [2.75, 3.05) is 24.1 Å². The van der Waals surface area contributed by atoms with Crippen molar-refractivity contribution in [3.8, 4) is 0 Å². The van der Waals surface area contributed by atoms with Gasteiger partial charge in [-0.3, -0.25) is 9.97 Å². The molecule has 0 unspecified atom stereocenters. The average Bonchev–Trinajstić information content (AvgIpc) is 2.43. The van der Waals surface area contributed by atoms with E-state index in [1.54, 1.807) is 12.4 Å². The minimum atomic E-state index is -0.507. The maximum atomic E-state index is 11.5. The van der Waals surface area contributed by atoms with Crippen molar-refractivity contribution in [2.45, 2.75) is 26.4 Å². The van der Waals surface area contributed by atoms with Crippen LogP contribution < -0.4 is 16.4 Å². The van der Waals surface area contributed by atoms with E-state index in [4.69, 9.17) is 10.5 Å². The number of alkyl carbamates (subject to hydrolysis) is 1. The molecular weight excluding hydrogens is 282 g/mol. The second-order valence-electron chi connectivity index (χ2n) is 5.82. The third kappa shape index (κ3) is 4.21. The summed E-state index contributed by atoms with van der Waals surface area (Å²) in [6.07, 6.45) is 2.83. The highest BCUT2D eigenvalue weighted by Crippen LogP contribution is 2.25. The van der Waals surface area contributed by atoms with Gasteiger partial charge in [0.1, 0.15) is 11.1 Å². The van der Waals surface area contributed by atoms with Crippen LogP contribution in [-0.2, 0) is 4.74 Å². The van der Waals surface area contributed by atoms with E-state index in [2.05, 4.69) is 20.6 Å². The number of pyridine rings is 2. The van der Waals surface area contributed by atoms with Crippen LogP contribution in [0.4, 0.5) is 16.2 Å². The van der Waals surface area contributed by atoms with E-state index in [0.717, 1.165) is 11.2 Å². The van der Waals surface area contributed by atoms with E-state index < -0.39 is 11.7 Å². The summed E-state index contributed by atoms with van der Waals surface area (Å²) in [4.78, 5) is 20.0. The van der Waals surface area contributed by atoms with Crippen LogP contribution in [0.2, 0.25) is 0 Å². The Labute approximate surface area is 129 Å². The zero-order chi connectivity index (χ0) is 16.2. The number of fused-ring (bicyclic) bond motifs is 1. The monoisotopic (exact) mass is 303 g/mol. The molecule has 0 aliphatic carbocycles. The largest absolute Gasteiger partial charge is 0.444 e. The molecule has 118 valence electrons. The number of hydrogen-bond donors (Lipinski definition) is 3. The number of amides is 1. The van der Waals surface area contributed by atoms with Crippen molar-refractivity contribution >= 4 is 28.5 Å². The van der Waals surface area contributed by atoms with Gasteiger partial charge in [0, 0.05) is 19.3 Å². The lowest BCUT2D eigenvalue weighted by Crippen LogP contribution is -2.35. The number of ether oxygens (including phenoxy) is 1. The number of anilines is 2. The van der Waals surface area contributed by atoms with Crippen LogP contribution in [-0.4, -0.2) is 34.8 Å². The highest BCUT2D eigenvalue weighted by molar-refractivity contribution is 5.93. The Bertz CT molecular complexity index is 667. The summed E-state index contributed by atoms with van der Waals surface area (Å²) in [7, 11) is 0. The number of carbonyl (C=O) groups is 1. The molecule has 2 aromatic rings. The van der Waals surface area contributed by atoms with Crippen LogP contribution in [0, 0.1) is 0 Å². The summed E-state index contributed by atoms with van der Waals surface area (Å²) in [6.45, 7) is 6.37. The predicted molar refractivity (Wildman–Crippen MR) is 86.7 cm³/mol. The topological polar surface area (TPSA) is 102 Å². The molecule has 0 spiro atoms. The molecule has 0 bridgehead atoms. The van der Waals surface area contributed by atoms with Crippen molar-refractivity contribution in [2.24, 2.45) is 0 Å². The standard InChI is InChI=1S/C15H21N5O2/c1-15(2,3)22-14(21)19-8-7-18-12-10(16)9-20-11-5-4-6-17-13(11)12/h4-6,9H,7-8,16H2,1-3H3,(H,18,20)(H,19,21). The zero-order valence-corrected chi connectivity index (χ0v) is 13.0. The molecule has 7 heteroatoms. The normalized spacial score (nSPS) is 11.2. The molecule has 22 heavy (non-hydrogen) atoms. The van der Waals surface area contributed by atoms with E-state index >= 15 is 0 Å². The van der Waals surface area contributed by atoms with E-state index in [-0.39, 0.29) is 0 Å². The Morgan fingerprint density at radius 3 is 2.82 bits per heavy atom. The van der Waals surface area contributed by atoms with Gasteiger partial charge in [-0.2, -0.15) is 0 Å². The van der Waals surface area contributed by atoms with Crippen LogP contribution >= 0.6 is 0 Å². The van der Waals surface area contributed by atoms with Gasteiger partial charge in [-0.15, -0.1) is 0 Å². The molecule has 0 saturated carbocycles. The van der Waals surface area contributed by atoms with Crippen LogP contribution in [0.1, 0.15) is 20.8 Å². The molecule has 2 heterocycles. The van der Waals surface area contributed by atoms with Gasteiger partial charge < -0.3 is 21.1 Å². The van der Waals surface area contributed by atoms with Crippen molar-refractivity contribution < 1.29 is 9.53 Å². The molecule has 2 aromatic heterocycles. The van der Waals surface area contributed by atoms with Gasteiger partial charge in [-0.1, -0.05) is 0 Å². The maximum absolute atomic E-state index is 11.5. The lowest BCUT2D eigenvalue weighted by molar-refractivity contribution is 0.0530. The molecule has 0 aliphatic rings. The second kappa shape index (κ2) is 6.46. The maximum Gasteiger partial charge on any atom is 0.407 e. The number of nitrogens with one attached hydrogen (secondary N) is 2. The van der Waals surface area contributed by atoms with Gasteiger partial charge in [0.15, 0.2) is 0 Å². The fourth-order valence-corrected chi connectivity index (χ4v) is 1.89. The lowest BCUT2D eigenvalue weighted by atomic mass is 10.2. The average molecular weight is 303 g/mol. The summed E-state index contributed by atoms with van der Waals surface area (Å²) in [5, 5.41) is 5.85. The first-order valence-electron chi connectivity index (χ1n) is 7.07.